The molecule has 3 aliphatic carbocycles. The minimum atomic E-state index is -2.70. The van der Waals surface area contributed by atoms with Gasteiger partial charge in [-0.3, -0.25) is 0 Å². The summed E-state index contributed by atoms with van der Waals surface area (Å²) in [6.07, 6.45) is 31.8. The molecule has 0 fully saturated rings. The van der Waals surface area contributed by atoms with Crippen LogP contribution in [0.25, 0.3) is 0 Å². The zero-order chi connectivity index (χ0) is 20.2. The van der Waals surface area contributed by atoms with Crippen LogP contribution in [-0.2, 0) is 13.3 Å². The van der Waals surface area contributed by atoms with E-state index in [-0.39, 0.29) is 18.3 Å². The van der Waals surface area contributed by atoms with Gasteiger partial charge in [0.25, 0.3) is 0 Å². The zero-order valence-electron chi connectivity index (χ0n) is 18.5. The number of rotatable bonds is 6. The summed E-state index contributed by atoms with van der Waals surface area (Å²) in [5, 5.41) is 0. The molecule has 3 rings (SSSR count). The molecule has 0 aromatic rings. The molecule has 0 aromatic carbocycles. The van der Waals surface area contributed by atoms with Crippen LogP contribution in [0.5, 0.6) is 0 Å². The Labute approximate surface area is 180 Å². The summed E-state index contributed by atoms with van der Waals surface area (Å²) in [6, 6.07) is 0. The maximum atomic E-state index is 6.79. The van der Waals surface area contributed by atoms with E-state index in [1.54, 1.807) is 0 Å². The first kappa shape index (κ1) is 23.0. The largest absolute Gasteiger partial charge is 0.498 e. The van der Waals surface area contributed by atoms with E-state index in [0.29, 0.717) is 0 Å². The first-order valence-electron chi connectivity index (χ1n) is 12.2. The summed E-state index contributed by atoms with van der Waals surface area (Å²) in [5.41, 5.74) is 0. The van der Waals surface area contributed by atoms with E-state index >= 15 is 0 Å². The summed E-state index contributed by atoms with van der Waals surface area (Å²) in [5.74, 6) is 0. The third-order valence-corrected chi connectivity index (χ3v) is 8.58. The van der Waals surface area contributed by atoms with E-state index in [2.05, 4.69) is 43.0 Å². The van der Waals surface area contributed by atoms with E-state index in [1.165, 1.54) is 38.5 Å². The molecule has 0 aliphatic heterocycles. The minimum Gasteiger partial charge on any atom is -0.370 e. The molecule has 0 aromatic heterocycles. The van der Waals surface area contributed by atoms with Crippen LogP contribution < -0.4 is 0 Å². The maximum Gasteiger partial charge on any atom is 0.498 e. The molecule has 3 nitrogen and oxygen atoms in total. The van der Waals surface area contributed by atoms with Gasteiger partial charge in [-0.15, -0.1) is 0 Å². The van der Waals surface area contributed by atoms with Crippen LogP contribution in [0.2, 0.25) is 6.55 Å². The van der Waals surface area contributed by atoms with E-state index < -0.39 is 8.80 Å². The molecule has 3 unspecified atom stereocenters. The van der Waals surface area contributed by atoms with Gasteiger partial charge in [-0.25, -0.2) is 0 Å². The standard InChI is InChI=1S/C25H42O3Si/c1-29(26-23-17-11-5-2-6-12-18-23,27-24-19-13-7-3-8-14-20-24)28-25-21-15-9-4-10-16-22-25/h2-5,7,9,23-25H,6,8,10-22H2,1H3/b5-2-,7-3-,9-4-. The van der Waals surface area contributed by atoms with Crippen LogP contribution >= 0.6 is 0 Å². The quantitative estimate of drug-likeness (QED) is 0.335. The molecule has 0 heterocycles. The third-order valence-electron chi connectivity index (χ3n) is 6.30. The lowest BCUT2D eigenvalue weighted by Crippen LogP contribution is -2.50. The molecule has 0 saturated heterocycles. The van der Waals surface area contributed by atoms with Gasteiger partial charge >= 0.3 is 8.80 Å². The lowest BCUT2D eigenvalue weighted by atomic mass is 10.0. The first-order valence-corrected chi connectivity index (χ1v) is 14.4. The highest BCUT2D eigenvalue weighted by atomic mass is 28.4. The molecule has 3 aliphatic rings. The molecule has 0 N–H and O–H groups in total. The maximum absolute atomic E-state index is 6.79. The Morgan fingerprint density at radius 3 is 1.14 bits per heavy atom. The van der Waals surface area contributed by atoms with Crippen molar-refractivity contribution >= 4 is 8.80 Å². The van der Waals surface area contributed by atoms with Crippen molar-refractivity contribution in [1.29, 1.82) is 0 Å². The van der Waals surface area contributed by atoms with Gasteiger partial charge < -0.3 is 13.3 Å². The molecule has 0 bridgehead atoms. The molecule has 0 amide bonds. The van der Waals surface area contributed by atoms with Crippen molar-refractivity contribution in [3.63, 3.8) is 0 Å². The molecular formula is C25H42O3Si. The minimum absolute atomic E-state index is 0.276. The van der Waals surface area contributed by atoms with Gasteiger partial charge in [0, 0.05) is 24.9 Å². The van der Waals surface area contributed by atoms with Crippen LogP contribution in [0.1, 0.15) is 96.3 Å². The Kier molecular flexibility index (Phi) is 10.2. The smallest absolute Gasteiger partial charge is 0.370 e. The van der Waals surface area contributed by atoms with Crippen LogP contribution in [0, 0.1) is 0 Å². The van der Waals surface area contributed by atoms with Crippen LogP contribution in [0.3, 0.4) is 0 Å². The Hall–Kier alpha value is -0.683. The number of hydrogen-bond donors (Lipinski definition) is 0. The lowest BCUT2D eigenvalue weighted by molar-refractivity contribution is -0.0263. The second-order valence-corrected chi connectivity index (χ2v) is 11.5. The van der Waals surface area contributed by atoms with Gasteiger partial charge in [0.15, 0.2) is 0 Å². The Morgan fingerprint density at radius 2 is 0.793 bits per heavy atom. The Morgan fingerprint density at radius 1 is 0.483 bits per heavy atom. The third kappa shape index (κ3) is 8.91. The molecule has 0 saturated carbocycles. The number of hydrogen-bond acceptors (Lipinski definition) is 3. The molecule has 164 valence electrons. The average molecular weight is 419 g/mol. The lowest BCUT2D eigenvalue weighted by Gasteiger charge is -2.37. The summed E-state index contributed by atoms with van der Waals surface area (Å²) in [7, 11) is -2.70. The fraction of sp³-hybridized carbons (Fsp3) is 0.760. The summed E-state index contributed by atoms with van der Waals surface area (Å²) < 4.78 is 20.4. The van der Waals surface area contributed by atoms with Crippen molar-refractivity contribution in [2.24, 2.45) is 0 Å². The van der Waals surface area contributed by atoms with Gasteiger partial charge in [-0.05, 0) is 96.3 Å². The molecular weight excluding hydrogens is 376 g/mol. The molecule has 3 atom stereocenters. The highest BCUT2D eigenvalue weighted by Gasteiger charge is 2.42. The van der Waals surface area contributed by atoms with Crippen molar-refractivity contribution in [2.75, 3.05) is 0 Å². The van der Waals surface area contributed by atoms with E-state index in [0.717, 1.165) is 57.8 Å². The molecule has 0 spiro atoms. The van der Waals surface area contributed by atoms with Crippen LogP contribution in [0.4, 0.5) is 0 Å². The highest BCUT2D eigenvalue weighted by molar-refractivity contribution is 6.59. The van der Waals surface area contributed by atoms with Gasteiger partial charge in [0.1, 0.15) is 0 Å². The first-order chi connectivity index (χ1) is 14.2. The fourth-order valence-electron chi connectivity index (χ4n) is 4.72. The number of allylic oxidation sites excluding steroid dienone is 6. The predicted molar refractivity (Wildman–Crippen MR) is 123 cm³/mol. The summed E-state index contributed by atoms with van der Waals surface area (Å²) >= 11 is 0. The Balaban J connectivity index is 1.66. The molecule has 4 heteroatoms. The van der Waals surface area contributed by atoms with E-state index in [9.17, 15) is 0 Å². The zero-order valence-corrected chi connectivity index (χ0v) is 19.5. The summed E-state index contributed by atoms with van der Waals surface area (Å²) in [6.45, 7) is 2.19. The predicted octanol–water partition coefficient (Wildman–Crippen LogP) is 7.27. The van der Waals surface area contributed by atoms with Crippen LogP contribution in [0.15, 0.2) is 36.5 Å². The topological polar surface area (TPSA) is 27.7 Å². The Bertz CT molecular complexity index is 468. The van der Waals surface area contributed by atoms with Gasteiger partial charge in [-0.2, -0.15) is 0 Å². The van der Waals surface area contributed by atoms with E-state index in [4.69, 9.17) is 13.3 Å². The second kappa shape index (κ2) is 12.9. The van der Waals surface area contributed by atoms with Crippen molar-refractivity contribution in [1.82, 2.24) is 0 Å². The fourth-order valence-corrected chi connectivity index (χ4v) is 7.41. The normalized spacial score (nSPS) is 34.9. The highest BCUT2D eigenvalue weighted by Crippen LogP contribution is 2.29. The molecule has 29 heavy (non-hydrogen) atoms. The molecule has 0 radical (unpaired) electrons. The van der Waals surface area contributed by atoms with E-state index in [1.807, 2.05) is 0 Å². The second-order valence-electron chi connectivity index (χ2n) is 9.02. The average Bonchev–Trinajstić information content (AvgIpc) is 2.62. The van der Waals surface area contributed by atoms with Crippen molar-refractivity contribution in [2.45, 2.75) is 121 Å². The monoisotopic (exact) mass is 418 g/mol. The van der Waals surface area contributed by atoms with Crippen molar-refractivity contribution < 1.29 is 13.3 Å². The SMILES string of the molecule is C[Si](OC1CC/C=C\CCC1)(OC1CC/C=C\CCC1)OC1CC/C=C\CCC1. The van der Waals surface area contributed by atoms with Crippen LogP contribution in [-0.4, -0.2) is 27.1 Å². The summed E-state index contributed by atoms with van der Waals surface area (Å²) in [4.78, 5) is 0. The van der Waals surface area contributed by atoms with Gasteiger partial charge in [-0.1, -0.05) is 36.5 Å². The van der Waals surface area contributed by atoms with Crippen molar-refractivity contribution in [3.05, 3.63) is 36.5 Å². The van der Waals surface area contributed by atoms with Gasteiger partial charge in [0.2, 0.25) is 0 Å². The van der Waals surface area contributed by atoms with Crippen molar-refractivity contribution in [3.8, 4) is 0 Å². The van der Waals surface area contributed by atoms with Gasteiger partial charge in [0.05, 0.1) is 0 Å².